The lowest BCUT2D eigenvalue weighted by Gasteiger charge is -2.09. The second-order valence-corrected chi connectivity index (χ2v) is 7.45. The van der Waals surface area contributed by atoms with Crippen LogP contribution in [0.4, 0.5) is 5.82 Å². The topological polar surface area (TPSA) is 59.5 Å². The highest BCUT2D eigenvalue weighted by Crippen LogP contribution is 2.31. The summed E-state index contributed by atoms with van der Waals surface area (Å²) in [6.45, 7) is 4.26. The molecule has 1 saturated heterocycles. The molecule has 4 aromatic rings. The predicted molar refractivity (Wildman–Crippen MR) is 116 cm³/mol. The summed E-state index contributed by atoms with van der Waals surface area (Å²) in [7, 11) is 0. The molecule has 2 aromatic carbocycles. The normalized spacial score (nSPS) is 12.9. The molecule has 1 fully saturated rings. The molecule has 30 heavy (non-hydrogen) atoms. The van der Waals surface area contributed by atoms with E-state index in [9.17, 15) is 4.79 Å². The van der Waals surface area contributed by atoms with E-state index >= 15 is 0 Å². The van der Waals surface area contributed by atoms with E-state index in [1.165, 1.54) is 0 Å². The summed E-state index contributed by atoms with van der Waals surface area (Å²) in [6.07, 6.45) is 2.64. The lowest BCUT2D eigenvalue weighted by molar-refractivity contribution is 0.0510. The number of hydrogen-bond donors (Lipinski definition) is 0. The Hall–Kier alpha value is -3.67. The molecule has 0 unspecified atom stereocenters. The number of ether oxygens (including phenoxy) is 1. The zero-order valence-corrected chi connectivity index (χ0v) is 16.8. The van der Waals surface area contributed by atoms with E-state index in [0.717, 1.165) is 46.9 Å². The van der Waals surface area contributed by atoms with Crippen LogP contribution in [0.15, 0.2) is 66.9 Å². The SMILES string of the molecule is Cc1nc(N2CC2)c2cc(-c3ccccc3C(=O)OCCc3ccccc3)cn2n1. The van der Waals surface area contributed by atoms with Crippen molar-refractivity contribution in [2.24, 2.45) is 0 Å². The van der Waals surface area contributed by atoms with E-state index in [1.807, 2.05) is 78.3 Å². The number of benzene rings is 2. The van der Waals surface area contributed by atoms with Crippen molar-refractivity contribution in [3.63, 3.8) is 0 Å². The Bertz CT molecular complexity index is 1210. The molecule has 3 heterocycles. The number of aromatic nitrogens is 3. The fraction of sp³-hybridized carbons (Fsp3) is 0.208. The highest BCUT2D eigenvalue weighted by atomic mass is 16.5. The third-order valence-electron chi connectivity index (χ3n) is 5.22. The van der Waals surface area contributed by atoms with Crippen LogP contribution in [0.2, 0.25) is 0 Å². The summed E-state index contributed by atoms with van der Waals surface area (Å²) >= 11 is 0. The van der Waals surface area contributed by atoms with Crippen molar-refractivity contribution in [3.05, 3.63) is 83.8 Å². The van der Waals surface area contributed by atoms with Gasteiger partial charge in [0.1, 0.15) is 11.3 Å². The average Bonchev–Trinajstić information content (AvgIpc) is 3.53. The lowest BCUT2D eigenvalue weighted by Crippen LogP contribution is -2.09. The largest absolute Gasteiger partial charge is 0.462 e. The third kappa shape index (κ3) is 3.64. The van der Waals surface area contributed by atoms with Gasteiger partial charge in [0.25, 0.3) is 0 Å². The molecule has 1 aliphatic heterocycles. The number of aryl methyl sites for hydroxylation is 1. The van der Waals surface area contributed by atoms with Crippen molar-refractivity contribution in [2.45, 2.75) is 13.3 Å². The summed E-state index contributed by atoms with van der Waals surface area (Å²) in [5, 5.41) is 4.51. The number of carbonyl (C=O) groups is 1. The van der Waals surface area contributed by atoms with Gasteiger partial charge in [-0.05, 0) is 30.2 Å². The first-order valence-corrected chi connectivity index (χ1v) is 10.1. The van der Waals surface area contributed by atoms with Gasteiger partial charge in [0.2, 0.25) is 0 Å². The van der Waals surface area contributed by atoms with Crippen LogP contribution in [-0.4, -0.2) is 40.3 Å². The minimum absolute atomic E-state index is 0.315. The molecule has 0 spiro atoms. The van der Waals surface area contributed by atoms with Crippen molar-refractivity contribution in [3.8, 4) is 11.1 Å². The minimum Gasteiger partial charge on any atom is -0.462 e. The van der Waals surface area contributed by atoms with Crippen LogP contribution in [0, 0.1) is 6.92 Å². The Morgan fingerprint density at radius 3 is 2.63 bits per heavy atom. The molecule has 0 N–H and O–H groups in total. The van der Waals surface area contributed by atoms with E-state index in [-0.39, 0.29) is 5.97 Å². The lowest BCUT2D eigenvalue weighted by atomic mass is 10.0. The minimum atomic E-state index is -0.315. The fourth-order valence-corrected chi connectivity index (χ4v) is 3.63. The first-order chi connectivity index (χ1) is 14.7. The molecule has 0 bridgehead atoms. The maximum atomic E-state index is 12.8. The zero-order valence-electron chi connectivity index (χ0n) is 16.8. The molecule has 0 atom stereocenters. The number of hydrogen-bond acceptors (Lipinski definition) is 5. The first-order valence-electron chi connectivity index (χ1n) is 10.1. The molecular formula is C24H22N4O2. The smallest absolute Gasteiger partial charge is 0.338 e. The van der Waals surface area contributed by atoms with Crippen LogP contribution >= 0.6 is 0 Å². The number of rotatable bonds is 6. The maximum Gasteiger partial charge on any atom is 0.338 e. The van der Waals surface area contributed by atoms with Crippen LogP contribution < -0.4 is 4.90 Å². The molecule has 6 nitrogen and oxygen atoms in total. The van der Waals surface area contributed by atoms with Crippen molar-refractivity contribution in [1.29, 1.82) is 0 Å². The van der Waals surface area contributed by atoms with Gasteiger partial charge in [0.15, 0.2) is 5.82 Å². The summed E-state index contributed by atoms with van der Waals surface area (Å²) < 4.78 is 7.43. The van der Waals surface area contributed by atoms with Gasteiger partial charge in [0.05, 0.1) is 12.2 Å². The molecule has 2 aromatic heterocycles. The highest BCUT2D eigenvalue weighted by molar-refractivity contribution is 5.98. The van der Waals surface area contributed by atoms with Crippen LogP contribution in [0.25, 0.3) is 16.6 Å². The predicted octanol–water partition coefficient (Wildman–Crippen LogP) is 3.92. The monoisotopic (exact) mass is 398 g/mol. The average molecular weight is 398 g/mol. The van der Waals surface area contributed by atoms with Crippen LogP contribution in [0.5, 0.6) is 0 Å². The summed E-state index contributed by atoms with van der Waals surface area (Å²) in [6, 6.07) is 19.6. The number of carbonyl (C=O) groups excluding carboxylic acids is 1. The molecular weight excluding hydrogens is 376 g/mol. The van der Waals surface area contributed by atoms with Crippen molar-refractivity contribution < 1.29 is 9.53 Å². The second kappa shape index (κ2) is 7.63. The van der Waals surface area contributed by atoms with E-state index in [0.29, 0.717) is 18.6 Å². The summed E-state index contributed by atoms with van der Waals surface area (Å²) in [4.78, 5) is 19.6. The number of nitrogens with zero attached hydrogens (tertiary/aromatic N) is 4. The second-order valence-electron chi connectivity index (χ2n) is 7.45. The molecule has 0 amide bonds. The number of fused-ring (bicyclic) bond motifs is 1. The standard InChI is InChI=1S/C24H22N4O2/c1-17-25-23(27-12-13-27)22-15-19(16-28(22)26-17)20-9-5-6-10-21(20)24(29)30-14-11-18-7-3-2-4-8-18/h2-10,15-16H,11-14H2,1H3. The maximum absolute atomic E-state index is 12.8. The Morgan fingerprint density at radius 1 is 1.07 bits per heavy atom. The van der Waals surface area contributed by atoms with Crippen molar-refractivity contribution >= 4 is 17.3 Å². The van der Waals surface area contributed by atoms with Crippen molar-refractivity contribution in [2.75, 3.05) is 24.6 Å². The van der Waals surface area contributed by atoms with Crippen LogP contribution in [-0.2, 0) is 11.2 Å². The molecule has 5 rings (SSSR count). The van der Waals surface area contributed by atoms with E-state index in [1.54, 1.807) is 0 Å². The van der Waals surface area contributed by atoms with E-state index in [4.69, 9.17) is 4.74 Å². The molecule has 0 aliphatic carbocycles. The van der Waals surface area contributed by atoms with Crippen LogP contribution in [0.3, 0.4) is 0 Å². The van der Waals surface area contributed by atoms with Gasteiger partial charge >= 0.3 is 5.97 Å². The first kappa shape index (κ1) is 18.4. The van der Waals surface area contributed by atoms with Gasteiger partial charge in [-0.2, -0.15) is 5.10 Å². The fourth-order valence-electron chi connectivity index (χ4n) is 3.63. The quantitative estimate of drug-likeness (QED) is 0.364. The highest BCUT2D eigenvalue weighted by Gasteiger charge is 2.24. The Kier molecular flexibility index (Phi) is 4.67. The molecule has 150 valence electrons. The third-order valence-corrected chi connectivity index (χ3v) is 5.22. The van der Waals surface area contributed by atoms with Crippen LogP contribution in [0.1, 0.15) is 21.7 Å². The van der Waals surface area contributed by atoms with Gasteiger partial charge in [-0.25, -0.2) is 14.3 Å². The molecule has 0 saturated carbocycles. The Morgan fingerprint density at radius 2 is 1.83 bits per heavy atom. The molecule has 6 heteroatoms. The van der Waals surface area contributed by atoms with Gasteiger partial charge in [-0.15, -0.1) is 0 Å². The molecule has 1 aliphatic rings. The van der Waals surface area contributed by atoms with E-state index < -0.39 is 0 Å². The van der Waals surface area contributed by atoms with E-state index in [2.05, 4.69) is 15.0 Å². The summed E-state index contributed by atoms with van der Waals surface area (Å²) in [5.41, 5.74) is 4.41. The van der Waals surface area contributed by atoms with Gasteiger partial charge in [-0.1, -0.05) is 48.5 Å². The molecule has 0 radical (unpaired) electrons. The number of esters is 1. The Balaban J connectivity index is 1.42. The van der Waals surface area contributed by atoms with Gasteiger partial charge in [0, 0.05) is 31.3 Å². The Labute approximate surface area is 174 Å². The van der Waals surface area contributed by atoms with Crippen molar-refractivity contribution in [1.82, 2.24) is 14.6 Å². The zero-order chi connectivity index (χ0) is 20.5. The van der Waals surface area contributed by atoms with Gasteiger partial charge in [-0.3, -0.25) is 0 Å². The number of anilines is 1. The van der Waals surface area contributed by atoms with Gasteiger partial charge < -0.3 is 9.64 Å². The summed E-state index contributed by atoms with van der Waals surface area (Å²) in [5.74, 6) is 1.35.